The maximum Gasteiger partial charge on any atom is 0.144 e. The van der Waals surface area contributed by atoms with Gasteiger partial charge in [-0.25, -0.2) is 0 Å². The van der Waals surface area contributed by atoms with Crippen molar-refractivity contribution in [2.75, 3.05) is 0 Å². The Labute approximate surface area is 205 Å². The standard InChI is InChI=1S/C30H53NO2/c1-21(2)12-9-13-22(3)14-10-15-23(4)16-11-18-30(8)19-17-27-25(6)29(32-26(7)31)24(5)20-28(27)33-30/h20-23,26H,9-19,31H2,1-8H3. The summed E-state index contributed by atoms with van der Waals surface area (Å²) in [6.45, 7) is 18.0. The van der Waals surface area contributed by atoms with Gasteiger partial charge in [0.2, 0.25) is 0 Å². The molecule has 2 rings (SSSR count). The third-order valence-electron chi connectivity index (χ3n) is 7.64. The highest BCUT2D eigenvalue weighted by Gasteiger charge is 2.33. The number of benzene rings is 1. The maximum absolute atomic E-state index is 6.60. The molecule has 190 valence electrons. The summed E-state index contributed by atoms with van der Waals surface area (Å²) in [4.78, 5) is 0. The lowest BCUT2D eigenvalue weighted by atomic mass is 9.85. The fraction of sp³-hybridized carbons (Fsp3) is 0.800. The summed E-state index contributed by atoms with van der Waals surface area (Å²) in [5, 5.41) is 0. The largest absolute Gasteiger partial charge is 0.487 e. The molecule has 1 aliphatic rings. The summed E-state index contributed by atoms with van der Waals surface area (Å²) in [7, 11) is 0. The normalized spacial score (nSPS) is 20.8. The van der Waals surface area contributed by atoms with Crippen LogP contribution in [0.15, 0.2) is 6.07 Å². The molecule has 1 aliphatic heterocycles. The predicted molar refractivity (Wildman–Crippen MR) is 142 cm³/mol. The van der Waals surface area contributed by atoms with E-state index >= 15 is 0 Å². The van der Waals surface area contributed by atoms with Crippen LogP contribution >= 0.6 is 0 Å². The first-order valence-electron chi connectivity index (χ1n) is 13.7. The molecule has 2 N–H and O–H groups in total. The van der Waals surface area contributed by atoms with Crippen LogP contribution in [0.5, 0.6) is 11.5 Å². The molecule has 1 aromatic rings. The Morgan fingerprint density at radius 2 is 1.52 bits per heavy atom. The molecule has 3 nitrogen and oxygen atoms in total. The molecule has 4 unspecified atom stereocenters. The van der Waals surface area contributed by atoms with Gasteiger partial charge < -0.3 is 9.47 Å². The fourth-order valence-corrected chi connectivity index (χ4v) is 5.42. The van der Waals surface area contributed by atoms with Crippen molar-refractivity contribution < 1.29 is 9.47 Å². The molecule has 0 saturated carbocycles. The molecule has 0 amide bonds. The quantitative estimate of drug-likeness (QED) is 0.284. The van der Waals surface area contributed by atoms with Crippen LogP contribution in [-0.2, 0) is 6.42 Å². The summed E-state index contributed by atoms with van der Waals surface area (Å²) in [5.74, 6) is 4.53. The van der Waals surface area contributed by atoms with Gasteiger partial charge in [-0.15, -0.1) is 0 Å². The molecule has 1 aromatic carbocycles. The van der Waals surface area contributed by atoms with Crippen molar-refractivity contribution in [3.8, 4) is 11.5 Å². The van der Waals surface area contributed by atoms with Crippen LogP contribution < -0.4 is 15.2 Å². The second kappa shape index (κ2) is 13.0. The van der Waals surface area contributed by atoms with Crippen molar-refractivity contribution in [3.05, 3.63) is 22.8 Å². The van der Waals surface area contributed by atoms with E-state index in [-0.39, 0.29) is 11.8 Å². The molecular weight excluding hydrogens is 406 g/mol. The SMILES string of the molecule is Cc1cc2c(c(C)c1OC(C)N)CCC(C)(CCCC(C)CCCC(C)CCCC(C)C)O2. The minimum Gasteiger partial charge on any atom is -0.487 e. The Kier molecular flexibility index (Phi) is 11.1. The average Bonchev–Trinajstić information content (AvgIpc) is 2.70. The van der Waals surface area contributed by atoms with Gasteiger partial charge in [-0.2, -0.15) is 0 Å². The highest BCUT2D eigenvalue weighted by molar-refractivity contribution is 5.54. The number of aryl methyl sites for hydroxylation is 1. The lowest BCUT2D eigenvalue weighted by Crippen LogP contribution is -2.36. The van der Waals surface area contributed by atoms with Crippen LogP contribution in [0.4, 0.5) is 0 Å². The molecule has 0 radical (unpaired) electrons. The monoisotopic (exact) mass is 459 g/mol. The first-order valence-corrected chi connectivity index (χ1v) is 13.7. The van der Waals surface area contributed by atoms with E-state index < -0.39 is 0 Å². The Hall–Kier alpha value is -1.22. The molecule has 0 saturated heterocycles. The van der Waals surface area contributed by atoms with E-state index in [1.807, 2.05) is 6.92 Å². The van der Waals surface area contributed by atoms with Crippen molar-refractivity contribution in [3.63, 3.8) is 0 Å². The first-order chi connectivity index (χ1) is 15.5. The molecule has 0 bridgehead atoms. The zero-order valence-electron chi connectivity index (χ0n) is 23.1. The lowest BCUT2D eigenvalue weighted by Gasteiger charge is -2.37. The van der Waals surface area contributed by atoms with Crippen molar-refractivity contribution in [2.24, 2.45) is 23.5 Å². The number of hydrogen-bond donors (Lipinski definition) is 1. The van der Waals surface area contributed by atoms with Gasteiger partial charge in [-0.3, -0.25) is 5.73 Å². The minimum atomic E-state index is -0.301. The summed E-state index contributed by atoms with van der Waals surface area (Å²) in [6, 6.07) is 2.16. The van der Waals surface area contributed by atoms with Crippen LogP contribution in [0.2, 0.25) is 0 Å². The number of ether oxygens (including phenoxy) is 2. The zero-order valence-corrected chi connectivity index (χ0v) is 23.1. The number of nitrogens with two attached hydrogens (primary N) is 1. The fourth-order valence-electron chi connectivity index (χ4n) is 5.42. The summed E-state index contributed by atoms with van der Waals surface area (Å²) in [6.07, 6.45) is 13.9. The molecule has 1 heterocycles. The number of hydrogen-bond acceptors (Lipinski definition) is 3. The Balaban J connectivity index is 1.76. The van der Waals surface area contributed by atoms with Crippen molar-refractivity contribution in [1.82, 2.24) is 0 Å². The van der Waals surface area contributed by atoms with E-state index in [0.29, 0.717) is 0 Å². The molecule has 4 atom stereocenters. The van der Waals surface area contributed by atoms with E-state index in [4.69, 9.17) is 15.2 Å². The first kappa shape index (κ1) is 28.0. The van der Waals surface area contributed by atoms with Gasteiger partial charge in [0.1, 0.15) is 23.3 Å². The molecule has 0 aliphatic carbocycles. The van der Waals surface area contributed by atoms with Crippen LogP contribution in [0.1, 0.15) is 122 Å². The lowest BCUT2D eigenvalue weighted by molar-refractivity contribution is 0.0519. The van der Waals surface area contributed by atoms with Crippen molar-refractivity contribution in [2.45, 2.75) is 138 Å². The molecule has 33 heavy (non-hydrogen) atoms. The van der Waals surface area contributed by atoms with E-state index in [1.54, 1.807) is 0 Å². The van der Waals surface area contributed by atoms with Gasteiger partial charge >= 0.3 is 0 Å². The zero-order chi connectivity index (χ0) is 24.6. The second-order valence-electron chi connectivity index (χ2n) is 11.9. The topological polar surface area (TPSA) is 44.5 Å². The molecule has 0 fully saturated rings. The predicted octanol–water partition coefficient (Wildman–Crippen LogP) is 8.51. The van der Waals surface area contributed by atoms with Gasteiger partial charge in [-0.1, -0.05) is 72.6 Å². The van der Waals surface area contributed by atoms with Crippen LogP contribution in [0.3, 0.4) is 0 Å². The maximum atomic E-state index is 6.60. The van der Waals surface area contributed by atoms with Crippen molar-refractivity contribution in [1.29, 1.82) is 0 Å². The molecule has 0 aromatic heterocycles. The number of fused-ring (bicyclic) bond motifs is 1. The highest BCUT2D eigenvalue weighted by Crippen LogP contribution is 2.42. The van der Waals surface area contributed by atoms with E-state index in [2.05, 4.69) is 54.5 Å². The third kappa shape index (κ3) is 9.15. The van der Waals surface area contributed by atoms with Crippen LogP contribution in [0, 0.1) is 31.6 Å². The smallest absolute Gasteiger partial charge is 0.144 e. The molecule has 0 spiro atoms. The summed E-state index contributed by atoms with van der Waals surface area (Å²) < 4.78 is 12.5. The summed E-state index contributed by atoms with van der Waals surface area (Å²) in [5.41, 5.74) is 9.42. The average molecular weight is 460 g/mol. The van der Waals surface area contributed by atoms with Crippen LogP contribution in [-0.4, -0.2) is 11.8 Å². The Bertz CT molecular complexity index is 726. The number of rotatable bonds is 14. The second-order valence-corrected chi connectivity index (χ2v) is 11.9. The third-order valence-corrected chi connectivity index (χ3v) is 7.64. The van der Waals surface area contributed by atoms with Gasteiger partial charge in [0.15, 0.2) is 0 Å². The van der Waals surface area contributed by atoms with Gasteiger partial charge in [0.05, 0.1) is 0 Å². The van der Waals surface area contributed by atoms with E-state index in [9.17, 15) is 0 Å². The highest BCUT2D eigenvalue weighted by atomic mass is 16.5. The molecular formula is C30H53NO2. The van der Waals surface area contributed by atoms with Gasteiger partial charge in [0, 0.05) is 5.56 Å². The van der Waals surface area contributed by atoms with Crippen molar-refractivity contribution >= 4 is 0 Å². The Morgan fingerprint density at radius 3 is 2.09 bits per heavy atom. The summed E-state index contributed by atoms with van der Waals surface area (Å²) >= 11 is 0. The van der Waals surface area contributed by atoms with Gasteiger partial charge in [-0.05, 0) is 88.3 Å². The molecule has 3 heteroatoms. The van der Waals surface area contributed by atoms with Crippen LogP contribution in [0.25, 0.3) is 0 Å². The van der Waals surface area contributed by atoms with E-state index in [0.717, 1.165) is 54.1 Å². The minimum absolute atomic E-state index is 0.0555. The van der Waals surface area contributed by atoms with Gasteiger partial charge in [0.25, 0.3) is 0 Å². The Morgan fingerprint density at radius 1 is 0.939 bits per heavy atom. The van der Waals surface area contributed by atoms with E-state index in [1.165, 1.54) is 62.5 Å².